The number of rotatable bonds is 6. The summed E-state index contributed by atoms with van der Waals surface area (Å²) in [5, 5.41) is 27.7. The number of hydrogen-bond acceptors (Lipinski definition) is 15. The summed E-state index contributed by atoms with van der Waals surface area (Å²) >= 11 is 1.50. The van der Waals surface area contributed by atoms with Gasteiger partial charge in [0.2, 0.25) is 6.79 Å². The molecule has 0 radical (unpaired) electrons. The van der Waals surface area contributed by atoms with Crippen LogP contribution >= 0.6 is 11.8 Å². The maximum absolute atomic E-state index is 14.9. The molecule has 14 nitrogen and oxygen atoms in total. The molecule has 7 aliphatic heterocycles. The van der Waals surface area contributed by atoms with Crippen molar-refractivity contribution < 1.29 is 53.0 Å². The van der Waals surface area contributed by atoms with Gasteiger partial charge in [-0.15, -0.1) is 11.8 Å². The Balaban J connectivity index is 1.29. The van der Waals surface area contributed by atoms with Crippen LogP contribution in [-0.2, 0) is 32.7 Å². The van der Waals surface area contributed by atoms with Gasteiger partial charge in [0.1, 0.15) is 25.2 Å². The van der Waals surface area contributed by atoms with Crippen molar-refractivity contribution in [3.05, 3.63) is 75.4 Å². The lowest BCUT2D eigenvalue weighted by Gasteiger charge is -2.62. The zero-order valence-corrected chi connectivity index (χ0v) is 33.6. The summed E-state index contributed by atoms with van der Waals surface area (Å²) in [7, 11) is 5.08. The van der Waals surface area contributed by atoms with Gasteiger partial charge >= 0.3 is 11.9 Å². The number of methoxy groups -OCH3 is 2. The molecule has 3 N–H and O–H groups in total. The van der Waals surface area contributed by atoms with Gasteiger partial charge in [0, 0.05) is 47.5 Å². The van der Waals surface area contributed by atoms with E-state index >= 15 is 0 Å². The number of likely N-dealkylation sites (N-methyl/N-ethyl adjacent to an activating group) is 1. The molecule has 4 bridgehead atoms. The highest BCUT2D eigenvalue weighted by Crippen LogP contribution is 2.64. The van der Waals surface area contributed by atoms with Gasteiger partial charge in [-0.1, -0.05) is 18.7 Å². The predicted molar refractivity (Wildman–Crippen MR) is 209 cm³/mol. The largest absolute Gasteiger partial charge is 0.504 e. The molecule has 15 heteroatoms. The minimum Gasteiger partial charge on any atom is -0.504 e. The van der Waals surface area contributed by atoms with Gasteiger partial charge in [-0.3, -0.25) is 19.9 Å². The van der Waals surface area contributed by atoms with Crippen LogP contribution < -0.4 is 33.7 Å². The van der Waals surface area contributed by atoms with Crippen LogP contribution in [0.4, 0.5) is 0 Å². The molecule has 0 aromatic heterocycles. The number of aryl methyl sites for hydroxylation is 1. The Hall–Kier alpha value is -4.67. The van der Waals surface area contributed by atoms with Gasteiger partial charge in [0.05, 0.1) is 37.6 Å². The van der Waals surface area contributed by atoms with Crippen molar-refractivity contribution in [2.24, 2.45) is 0 Å². The van der Waals surface area contributed by atoms with E-state index in [0.29, 0.717) is 81.7 Å². The number of hydrogen-bond donors (Lipinski definition) is 3. The van der Waals surface area contributed by atoms with Crippen molar-refractivity contribution in [2.75, 3.05) is 53.6 Å². The van der Waals surface area contributed by atoms with Crippen LogP contribution in [0, 0.1) is 13.8 Å². The summed E-state index contributed by atoms with van der Waals surface area (Å²) in [5.74, 6) is 1.88. The van der Waals surface area contributed by atoms with E-state index in [-0.39, 0.29) is 37.6 Å². The molecule has 3 aromatic carbocycles. The van der Waals surface area contributed by atoms with Crippen LogP contribution in [0.5, 0.6) is 40.2 Å². The van der Waals surface area contributed by atoms with Crippen LogP contribution in [0.1, 0.15) is 68.8 Å². The van der Waals surface area contributed by atoms with Crippen molar-refractivity contribution in [3.63, 3.8) is 0 Å². The van der Waals surface area contributed by atoms with Crippen molar-refractivity contribution in [1.82, 2.24) is 15.1 Å². The lowest BCUT2D eigenvalue weighted by Crippen LogP contribution is -2.70. The highest BCUT2D eigenvalue weighted by Gasteiger charge is 2.61. The highest BCUT2D eigenvalue weighted by atomic mass is 32.2. The number of aliphatic hydroxyl groups is 1. The summed E-state index contributed by atoms with van der Waals surface area (Å²) in [6.45, 7) is 9.42. The van der Waals surface area contributed by atoms with E-state index in [9.17, 15) is 19.8 Å². The zero-order chi connectivity index (χ0) is 40.1. The number of benzene rings is 3. The molecule has 0 amide bonds. The molecular formula is C42H47N3O11S. The number of nitrogens with zero attached hydrogens (tertiary/aromatic N) is 2. The number of ether oxygens (including phenoxy) is 7. The molecule has 7 atom stereocenters. The number of phenols is 1. The topological polar surface area (TPSA) is 158 Å². The minimum atomic E-state index is -1.33. The number of piperazine rings is 1. The number of carbonyl (C=O) groups excluding carboxylic acids is 2. The Kier molecular flexibility index (Phi) is 9.31. The fourth-order valence-electron chi connectivity index (χ4n) is 10.2. The van der Waals surface area contributed by atoms with E-state index < -0.39 is 47.1 Å². The molecule has 7 aliphatic rings. The first-order valence-corrected chi connectivity index (χ1v) is 20.2. The number of aliphatic hydroxyl groups excluding tert-OH is 1. The van der Waals surface area contributed by atoms with Crippen LogP contribution in [0.3, 0.4) is 0 Å². The van der Waals surface area contributed by atoms with Gasteiger partial charge in [-0.2, -0.15) is 0 Å². The first-order valence-electron chi connectivity index (χ1n) is 19.2. The molecule has 1 spiro atoms. The molecule has 302 valence electrons. The number of carbonyl (C=O) groups is 2. The molecule has 2 saturated heterocycles. The summed E-state index contributed by atoms with van der Waals surface area (Å²) in [6, 6.07) is 3.61. The van der Waals surface area contributed by atoms with E-state index in [1.54, 1.807) is 20.3 Å². The van der Waals surface area contributed by atoms with E-state index in [2.05, 4.69) is 16.8 Å². The van der Waals surface area contributed by atoms with Crippen LogP contribution in [-0.4, -0.2) is 104 Å². The average Bonchev–Trinajstić information content (AvgIpc) is 3.68. The molecule has 3 aromatic rings. The third kappa shape index (κ3) is 5.45. The lowest BCUT2D eigenvalue weighted by atomic mass is 9.73. The predicted octanol–water partition coefficient (Wildman–Crippen LogP) is 4.27. The summed E-state index contributed by atoms with van der Waals surface area (Å²) in [6.07, 6.45) is 1.71. The second-order valence-corrected chi connectivity index (χ2v) is 16.6. The first-order chi connectivity index (χ1) is 27.4. The number of nitrogens with one attached hydrogen (secondary N) is 1. The number of thioether (sulfide) groups is 1. The Bertz CT molecular complexity index is 2210. The van der Waals surface area contributed by atoms with Crippen molar-refractivity contribution >= 4 is 23.7 Å². The minimum absolute atomic E-state index is 0.0479. The molecule has 0 aliphatic carbocycles. The second kappa shape index (κ2) is 14.0. The van der Waals surface area contributed by atoms with E-state index in [4.69, 9.17) is 33.2 Å². The van der Waals surface area contributed by atoms with Crippen LogP contribution in [0.25, 0.3) is 0 Å². The fourth-order valence-corrected chi connectivity index (χ4v) is 11.9. The molecule has 57 heavy (non-hydrogen) atoms. The Labute approximate surface area is 334 Å². The molecule has 10 rings (SSSR count). The lowest BCUT2D eigenvalue weighted by molar-refractivity contribution is -0.186. The van der Waals surface area contributed by atoms with Gasteiger partial charge in [-0.25, -0.2) is 4.79 Å². The number of esters is 2. The van der Waals surface area contributed by atoms with E-state index in [0.717, 1.165) is 16.7 Å². The Morgan fingerprint density at radius 3 is 2.60 bits per heavy atom. The number of fused-ring (bicyclic) bond motifs is 9. The maximum atomic E-state index is 14.9. The monoisotopic (exact) mass is 801 g/mol. The normalized spacial score (nSPS) is 28.4. The van der Waals surface area contributed by atoms with E-state index in [1.807, 2.05) is 44.0 Å². The van der Waals surface area contributed by atoms with Crippen molar-refractivity contribution in [2.45, 2.75) is 74.8 Å². The first kappa shape index (κ1) is 37.9. The van der Waals surface area contributed by atoms with Gasteiger partial charge < -0.3 is 43.4 Å². The standard InChI is InChI=1S/C42H47N3O11S/c1-8-11-52-28-14-22-9-10-43-42(24(22)15-27(28)50-6)17-57-39-31-30(38-37(54-18-55-38)20(3)36(31)56-21(4)46)26(16-53-41(42)49)45-33(39)32-29-23(13-25(40(45)48)44(32)5)12-19(2)35(51-7)34(29)47/h8,12,14-15,25-26,32-33,39-40,43,47-48H,1,9-11,13,16-18H2,2-7H3/t25-,26-,32+,33?,39+,40-,42+/m0/s1. The van der Waals surface area contributed by atoms with Gasteiger partial charge in [0.25, 0.3) is 0 Å². The molecular weight excluding hydrogens is 755 g/mol. The SMILES string of the molecule is C=CCOc1cc2c(cc1OC)[C@@]1(CS[C@@H]3c4c(OC(C)=O)c(C)c5c(c4[C@H](COC1=O)N1C3[C@H]3c4c(cc(C)c(OC)c4O)C[C@@H]([C@@H]1O)N3C)OCO5)NCC2. The summed E-state index contributed by atoms with van der Waals surface area (Å²) < 4.78 is 42.4. The Morgan fingerprint density at radius 2 is 1.86 bits per heavy atom. The van der Waals surface area contributed by atoms with E-state index in [1.165, 1.54) is 18.7 Å². The molecule has 7 heterocycles. The number of aromatic hydroxyl groups is 1. The van der Waals surface area contributed by atoms with Crippen LogP contribution in [0.2, 0.25) is 0 Å². The molecule has 1 unspecified atom stereocenters. The van der Waals surface area contributed by atoms with Gasteiger partial charge in [0.15, 0.2) is 40.0 Å². The van der Waals surface area contributed by atoms with Gasteiger partial charge in [-0.05, 0) is 68.1 Å². The second-order valence-electron chi connectivity index (χ2n) is 15.5. The quantitative estimate of drug-likeness (QED) is 0.184. The maximum Gasteiger partial charge on any atom is 0.331 e. The zero-order valence-electron chi connectivity index (χ0n) is 32.8. The molecule has 2 fully saturated rings. The average molecular weight is 802 g/mol. The highest BCUT2D eigenvalue weighted by molar-refractivity contribution is 7.99. The summed E-state index contributed by atoms with van der Waals surface area (Å²) in [4.78, 5) is 32.0. The smallest absolute Gasteiger partial charge is 0.331 e. The van der Waals surface area contributed by atoms with Crippen molar-refractivity contribution in [1.29, 1.82) is 0 Å². The Morgan fingerprint density at radius 1 is 1.07 bits per heavy atom. The number of phenolic OH excluding ortho intramolecular Hbond substituents is 1. The summed E-state index contributed by atoms with van der Waals surface area (Å²) in [5.41, 5.74) is 4.66. The van der Waals surface area contributed by atoms with Crippen molar-refractivity contribution in [3.8, 4) is 40.2 Å². The fraction of sp³-hybridized carbons (Fsp3) is 0.476. The molecule has 0 saturated carbocycles. The third-order valence-electron chi connectivity index (χ3n) is 12.6. The third-order valence-corrected chi connectivity index (χ3v) is 14.1. The van der Waals surface area contributed by atoms with Crippen LogP contribution in [0.15, 0.2) is 30.9 Å².